The van der Waals surface area contributed by atoms with Gasteiger partial charge in [0, 0.05) is 37.1 Å². The number of nitrogens with zero attached hydrogens (tertiary/aromatic N) is 5. The zero-order valence-corrected chi connectivity index (χ0v) is 21.7. The molecule has 4 heterocycles. The standard InChI is InChI=1S/C29H28F3N5O2/c1-35-25-19(8-17(11-22(25)39-2)28(38)37-13-18-7-16-10-20(37)24(16)18)33-27(35)21-9-15-5-6-23(29(30,31)32)34-26(15)36(21)12-14-3-4-14/h5-6,8-9,11,14,16,18,20,24H,3-4,7,10,12-13H2,1-2H3/t16?,18-,20-,24-/m1/s1. The molecule has 7 nitrogen and oxygen atoms in total. The van der Waals surface area contributed by atoms with Gasteiger partial charge in [0.2, 0.25) is 0 Å². The predicted molar refractivity (Wildman–Crippen MR) is 138 cm³/mol. The second-order valence-electron chi connectivity index (χ2n) is 11.8. The fourth-order valence-corrected chi connectivity index (χ4v) is 7.40. The molecule has 39 heavy (non-hydrogen) atoms. The number of pyridine rings is 1. The molecule has 0 spiro atoms. The van der Waals surface area contributed by atoms with Gasteiger partial charge in [-0.15, -0.1) is 0 Å². The zero-order chi connectivity index (χ0) is 26.8. The van der Waals surface area contributed by atoms with E-state index >= 15 is 0 Å². The van der Waals surface area contributed by atoms with Crippen LogP contribution in [0.1, 0.15) is 41.7 Å². The van der Waals surface area contributed by atoms with Gasteiger partial charge in [0.1, 0.15) is 22.6 Å². The van der Waals surface area contributed by atoms with E-state index in [-0.39, 0.29) is 5.91 Å². The molecule has 3 aliphatic carbocycles. The molecular weight excluding hydrogens is 507 g/mol. The summed E-state index contributed by atoms with van der Waals surface area (Å²) >= 11 is 0. The molecule has 3 aromatic heterocycles. The average Bonchev–Trinajstić information content (AvgIpc) is 3.56. The molecule has 4 fully saturated rings. The number of likely N-dealkylation sites (tertiary alicyclic amines) is 1. The third kappa shape index (κ3) is 3.32. The van der Waals surface area contributed by atoms with E-state index < -0.39 is 11.9 Å². The summed E-state index contributed by atoms with van der Waals surface area (Å²) in [5.41, 5.74) is 2.03. The fourth-order valence-electron chi connectivity index (χ4n) is 7.40. The summed E-state index contributed by atoms with van der Waals surface area (Å²) in [5, 5.41) is 0.635. The summed E-state index contributed by atoms with van der Waals surface area (Å²) in [7, 11) is 3.45. The topological polar surface area (TPSA) is 65.2 Å². The number of benzene rings is 1. The monoisotopic (exact) mass is 535 g/mol. The van der Waals surface area contributed by atoms with Crippen LogP contribution in [-0.2, 0) is 19.8 Å². The second-order valence-corrected chi connectivity index (χ2v) is 11.8. The van der Waals surface area contributed by atoms with Crippen molar-refractivity contribution in [2.45, 2.75) is 44.4 Å². The summed E-state index contributed by atoms with van der Waals surface area (Å²) in [6.07, 6.45) is -0.0903. The van der Waals surface area contributed by atoms with Gasteiger partial charge in [-0.05, 0) is 79.7 Å². The number of aromatic nitrogens is 4. The van der Waals surface area contributed by atoms with Gasteiger partial charge in [-0.2, -0.15) is 13.2 Å². The lowest BCUT2D eigenvalue weighted by molar-refractivity contribution is -0.141. The maximum absolute atomic E-state index is 13.6. The summed E-state index contributed by atoms with van der Waals surface area (Å²) in [6.45, 7) is 1.41. The first-order valence-electron chi connectivity index (χ1n) is 13.6. The third-order valence-electron chi connectivity index (χ3n) is 9.58. The second kappa shape index (κ2) is 7.76. The Hall–Kier alpha value is -3.56. The summed E-state index contributed by atoms with van der Waals surface area (Å²) in [5.74, 6) is 3.70. The molecule has 10 heteroatoms. The van der Waals surface area contributed by atoms with Crippen LogP contribution in [0, 0.1) is 23.7 Å². The van der Waals surface area contributed by atoms with Crippen LogP contribution in [0.25, 0.3) is 33.6 Å². The number of aryl methyl sites for hydroxylation is 1. The van der Waals surface area contributed by atoms with E-state index in [1.807, 2.05) is 33.2 Å². The number of methoxy groups -OCH3 is 1. The van der Waals surface area contributed by atoms with E-state index in [1.165, 1.54) is 12.5 Å². The van der Waals surface area contributed by atoms with Crippen molar-refractivity contribution in [3.05, 3.63) is 41.6 Å². The molecule has 1 aliphatic heterocycles. The SMILES string of the molecule is COc1cc(C(=O)N2C[C@H]3CC4C[C@@H]2[C@H]43)cc2nc(-c3cc4ccc(C(F)(F)F)nc4n3CC3CC3)n(C)c12. The fraction of sp³-hybridized carbons (Fsp3) is 0.483. The smallest absolute Gasteiger partial charge is 0.433 e. The third-order valence-corrected chi connectivity index (χ3v) is 9.58. The molecule has 3 saturated carbocycles. The van der Waals surface area contributed by atoms with Crippen LogP contribution >= 0.6 is 0 Å². The normalized spacial score (nSPS) is 25.6. The molecule has 1 unspecified atom stereocenters. The Morgan fingerprint density at radius 2 is 1.92 bits per heavy atom. The highest BCUT2D eigenvalue weighted by Gasteiger charge is 2.61. The van der Waals surface area contributed by atoms with Crippen molar-refractivity contribution in [1.82, 2.24) is 24.0 Å². The molecule has 1 amide bonds. The average molecular weight is 536 g/mol. The highest BCUT2D eigenvalue weighted by Crippen LogP contribution is 2.60. The summed E-state index contributed by atoms with van der Waals surface area (Å²) in [4.78, 5) is 24.6. The Balaban J connectivity index is 1.25. The molecule has 1 saturated heterocycles. The van der Waals surface area contributed by atoms with Crippen molar-refractivity contribution >= 4 is 28.0 Å². The number of carbonyl (C=O) groups is 1. The predicted octanol–water partition coefficient (Wildman–Crippen LogP) is 5.51. The van der Waals surface area contributed by atoms with Crippen LogP contribution in [0.2, 0.25) is 0 Å². The van der Waals surface area contributed by atoms with Gasteiger partial charge < -0.3 is 18.8 Å². The largest absolute Gasteiger partial charge is 0.494 e. The maximum atomic E-state index is 13.6. The summed E-state index contributed by atoms with van der Waals surface area (Å²) < 4.78 is 50.0. The molecule has 0 bridgehead atoms. The first-order valence-corrected chi connectivity index (χ1v) is 13.6. The van der Waals surface area contributed by atoms with Gasteiger partial charge in [0.05, 0.1) is 18.3 Å². The van der Waals surface area contributed by atoms with Gasteiger partial charge in [0.25, 0.3) is 5.91 Å². The van der Waals surface area contributed by atoms with Crippen LogP contribution in [0.15, 0.2) is 30.3 Å². The quantitative estimate of drug-likeness (QED) is 0.338. The lowest BCUT2D eigenvalue weighted by Crippen LogP contribution is -2.53. The molecular formula is C29H28F3N5O2. The molecule has 8 rings (SSSR count). The number of hydrogen-bond acceptors (Lipinski definition) is 4. The van der Waals surface area contributed by atoms with E-state index in [0.717, 1.165) is 43.3 Å². The number of imidazole rings is 1. The van der Waals surface area contributed by atoms with Crippen LogP contribution in [-0.4, -0.2) is 49.6 Å². The molecule has 1 aromatic carbocycles. The molecule has 4 aromatic rings. The van der Waals surface area contributed by atoms with Crippen molar-refractivity contribution in [1.29, 1.82) is 0 Å². The number of ether oxygens (including phenoxy) is 1. The molecule has 0 N–H and O–H groups in total. The van der Waals surface area contributed by atoms with Gasteiger partial charge >= 0.3 is 6.18 Å². The van der Waals surface area contributed by atoms with Gasteiger partial charge in [-0.3, -0.25) is 4.79 Å². The molecule has 0 radical (unpaired) electrons. The highest BCUT2D eigenvalue weighted by molar-refractivity contribution is 6.00. The van der Waals surface area contributed by atoms with Crippen molar-refractivity contribution in [2.75, 3.05) is 13.7 Å². The molecule has 4 atom stereocenters. The number of hydrogen-bond donors (Lipinski definition) is 0. The van der Waals surface area contributed by atoms with Crippen molar-refractivity contribution < 1.29 is 22.7 Å². The maximum Gasteiger partial charge on any atom is 0.433 e. The van der Waals surface area contributed by atoms with E-state index in [1.54, 1.807) is 13.2 Å². The zero-order valence-electron chi connectivity index (χ0n) is 21.7. The van der Waals surface area contributed by atoms with Gasteiger partial charge in [-0.25, -0.2) is 9.97 Å². The first-order chi connectivity index (χ1) is 18.7. The van der Waals surface area contributed by atoms with Crippen molar-refractivity contribution in [2.24, 2.45) is 30.7 Å². The van der Waals surface area contributed by atoms with Crippen LogP contribution in [0.3, 0.4) is 0 Å². The number of amides is 1. The number of alkyl halides is 3. The lowest BCUT2D eigenvalue weighted by Gasteiger charge is -2.52. The van der Waals surface area contributed by atoms with E-state index in [4.69, 9.17) is 9.72 Å². The Kier molecular flexibility index (Phi) is 4.64. The van der Waals surface area contributed by atoms with Crippen molar-refractivity contribution in [3.63, 3.8) is 0 Å². The van der Waals surface area contributed by atoms with Crippen LogP contribution in [0.5, 0.6) is 5.75 Å². The number of carbonyl (C=O) groups excluding carboxylic acids is 1. The number of fused-ring (bicyclic) bond motifs is 2. The van der Waals surface area contributed by atoms with Crippen LogP contribution < -0.4 is 4.74 Å². The first kappa shape index (κ1) is 23.3. The minimum atomic E-state index is -4.52. The van der Waals surface area contributed by atoms with Gasteiger partial charge in [0.15, 0.2) is 5.82 Å². The summed E-state index contributed by atoms with van der Waals surface area (Å²) in [6, 6.07) is 8.34. The Bertz CT molecular complexity index is 1680. The Morgan fingerprint density at radius 3 is 2.62 bits per heavy atom. The molecule has 4 aliphatic rings. The highest BCUT2D eigenvalue weighted by atomic mass is 19.4. The van der Waals surface area contributed by atoms with E-state index in [9.17, 15) is 18.0 Å². The van der Waals surface area contributed by atoms with E-state index in [2.05, 4.69) is 4.98 Å². The van der Waals surface area contributed by atoms with Crippen molar-refractivity contribution in [3.8, 4) is 17.3 Å². The lowest BCUT2D eigenvalue weighted by atomic mass is 9.53. The Labute approximate surface area is 222 Å². The minimum Gasteiger partial charge on any atom is -0.494 e. The molecule has 202 valence electrons. The Morgan fingerprint density at radius 1 is 1.10 bits per heavy atom. The number of halogens is 3. The van der Waals surface area contributed by atoms with Crippen LogP contribution in [0.4, 0.5) is 13.2 Å². The van der Waals surface area contributed by atoms with E-state index in [0.29, 0.717) is 69.7 Å². The number of rotatable bonds is 5. The minimum absolute atomic E-state index is 0.0204. The van der Waals surface area contributed by atoms with Gasteiger partial charge in [-0.1, -0.05) is 0 Å².